The van der Waals surface area contributed by atoms with Gasteiger partial charge in [0, 0.05) is 6.07 Å². The van der Waals surface area contributed by atoms with Gasteiger partial charge in [0.25, 0.3) is 5.91 Å². The Morgan fingerprint density at radius 1 is 1.44 bits per heavy atom. The van der Waals surface area contributed by atoms with Crippen LogP contribution in [0.2, 0.25) is 0 Å². The number of carbonyl (C=O) groups excluding carboxylic acids is 1. The summed E-state index contributed by atoms with van der Waals surface area (Å²) in [7, 11) is 0. The number of hydrogen-bond donors (Lipinski definition) is 1. The number of nitrogens with one attached hydrogen (secondary N) is 1. The minimum Gasteiger partial charge on any atom is -0.461 e. The summed E-state index contributed by atoms with van der Waals surface area (Å²) in [6.07, 6.45) is 0. The molecule has 1 aliphatic heterocycles. The van der Waals surface area contributed by atoms with Crippen LogP contribution in [0.25, 0.3) is 0 Å². The van der Waals surface area contributed by atoms with Crippen LogP contribution in [0.4, 0.5) is 5.69 Å². The summed E-state index contributed by atoms with van der Waals surface area (Å²) in [6, 6.07) is 4.26. The minimum atomic E-state index is -0.934. The maximum Gasteiger partial charge on any atom is 0.311 e. The van der Waals surface area contributed by atoms with Crippen molar-refractivity contribution in [3.8, 4) is 5.75 Å². The average molecular weight is 222 g/mol. The predicted molar refractivity (Wildman–Crippen MR) is 55.3 cm³/mol. The molecule has 0 aromatic heterocycles. The van der Waals surface area contributed by atoms with Gasteiger partial charge in [0.05, 0.1) is 10.5 Å². The van der Waals surface area contributed by atoms with Crippen LogP contribution in [-0.2, 0) is 0 Å². The number of fused-ring (bicyclic) bond motifs is 1. The number of carbonyl (C=O) groups is 1. The summed E-state index contributed by atoms with van der Waals surface area (Å²) in [5.41, 5.74) is -0.940. The van der Waals surface area contributed by atoms with Crippen molar-refractivity contribution in [1.29, 1.82) is 0 Å². The first-order valence-electron chi connectivity index (χ1n) is 4.70. The van der Waals surface area contributed by atoms with Gasteiger partial charge in [-0.15, -0.1) is 0 Å². The number of para-hydroxylation sites is 1. The quantitative estimate of drug-likeness (QED) is 0.576. The summed E-state index contributed by atoms with van der Waals surface area (Å²) in [6.45, 7) is 3.26. The molecule has 0 aliphatic carbocycles. The second kappa shape index (κ2) is 3.19. The van der Waals surface area contributed by atoms with E-state index in [0.717, 1.165) is 0 Å². The van der Waals surface area contributed by atoms with Crippen LogP contribution in [-0.4, -0.2) is 16.6 Å². The van der Waals surface area contributed by atoms with E-state index < -0.39 is 10.6 Å². The van der Waals surface area contributed by atoms with Gasteiger partial charge in [0.15, 0.2) is 5.72 Å². The Morgan fingerprint density at radius 2 is 2.12 bits per heavy atom. The molecule has 6 nitrogen and oxygen atoms in total. The summed E-state index contributed by atoms with van der Waals surface area (Å²) in [4.78, 5) is 21.9. The van der Waals surface area contributed by atoms with Gasteiger partial charge in [-0.05, 0) is 19.9 Å². The van der Waals surface area contributed by atoms with Crippen molar-refractivity contribution in [2.24, 2.45) is 0 Å². The Hall–Kier alpha value is -2.11. The Kier molecular flexibility index (Phi) is 2.08. The van der Waals surface area contributed by atoms with Gasteiger partial charge < -0.3 is 10.1 Å². The molecule has 0 unspecified atom stereocenters. The van der Waals surface area contributed by atoms with Gasteiger partial charge in [0.2, 0.25) is 5.75 Å². The standard InChI is InChI=1S/C10H10N2O4/c1-10(2)11-9(13)6-4-3-5-7(12(14)15)8(6)16-10/h3-5H,1-2H3,(H,11,13). The lowest BCUT2D eigenvalue weighted by Crippen LogP contribution is -2.51. The van der Waals surface area contributed by atoms with Crippen molar-refractivity contribution in [2.45, 2.75) is 19.6 Å². The fourth-order valence-corrected chi connectivity index (χ4v) is 1.58. The molecule has 1 aliphatic rings. The van der Waals surface area contributed by atoms with Crippen LogP contribution >= 0.6 is 0 Å². The number of rotatable bonds is 1. The van der Waals surface area contributed by atoms with Crippen molar-refractivity contribution in [3.63, 3.8) is 0 Å². The molecule has 1 N–H and O–H groups in total. The van der Waals surface area contributed by atoms with Gasteiger partial charge in [-0.1, -0.05) is 6.07 Å². The number of nitro benzene ring substituents is 1. The maximum absolute atomic E-state index is 11.7. The molecule has 1 aromatic carbocycles. The molecule has 0 spiro atoms. The number of hydrogen-bond acceptors (Lipinski definition) is 4. The van der Waals surface area contributed by atoms with Crippen LogP contribution in [0, 0.1) is 10.1 Å². The molecule has 0 saturated heterocycles. The third kappa shape index (κ3) is 1.58. The van der Waals surface area contributed by atoms with Crippen molar-refractivity contribution < 1.29 is 14.5 Å². The topological polar surface area (TPSA) is 81.5 Å². The van der Waals surface area contributed by atoms with Gasteiger partial charge in [0.1, 0.15) is 0 Å². The zero-order valence-electron chi connectivity index (χ0n) is 8.81. The van der Waals surface area contributed by atoms with Crippen LogP contribution in [0.1, 0.15) is 24.2 Å². The smallest absolute Gasteiger partial charge is 0.311 e. The van der Waals surface area contributed by atoms with E-state index in [9.17, 15) is 14.9 Å². The van der Waals surface area contributed by atoms with E-state index in [2.05, 4.69) is 5.32 Å². The molecule has 16 heavy (non-hydrogen) atoms. The van der Waals surface area contributed by atoms with E-state index in [-0.39, 0.29) is 22.9 Å². The molecular weight excluding hydrogens is 212 g/mol. The van der Waals surface area contributed by atoms with E-state index in [0.29, 0.717) is 0 Å². The van der Waals surface area contributed by atoms with Gasteiger partial charge in [-0.3, -0.25) is 14.9 Å². The monoisotopic (exact) mass is 222 g/mol. The van der Waals surface area contributed by atoms with Crippen LogP contribution in [0.15, 0.2) is 18.2 Å². The zero-order valence-corrected chi connectivity index (χ0v) is 8.81. The molecular formula is C10H10N2O4. The molecule has 1 aromatic rings. The van der Waals surface area contributed by atoms with E-state index in [1.54, 1.807) is 13.8 Å². The highest BCUT2D eigenvalue weighted by molar-refractivity contribution is 5.99. The summed E-state index contributed by atoms with van der Waals surface area (Å²) in [5, 5.41) is 13.4. The fourth-order valence-electron chi connectivity index (χ4n) is 1.58. The lowest BCUT2D eigenvalue weighted by molar-refractivity contribution is -0.386. The van der Waals surface area contributed by atoms with Gasteiger partial charge >= 0.3 is 5.69 Å². The maximum atomic E-state index is 11.7. The van der Waals surface area contributed by atoms with Crippen molar-refractivity contribution >= 4 is 11.6 Å². The van der Waals surface area contributed by atoms with Crippen molar-refractivity contribution in [3.05, 3.63) is 33.9 Å². The van der Waals surface area contributed by atoms with Crippen LogP contribution in [0.5, 0.6) is 5.75 Å². The number of nitro groups is 1. The summed E-state index contributed by atoms with van der Waals surface area (Å²) < 4.78 is 5.41. The first kappa shape index (κ1) is 10.4. The molecule has 0 atom stereocenters. The van der Waals surface area contributed by atoms with Crippen LogP contribution < -0.4 is 10.1 Å². The van der Waals surface area contributed by atoms with Crippen LogP contribution in [0.3, 0.4) is 0 Å². The Bertz CT molecular complexity index is 467. The third-order valence-corrected chi connectivity index (χ3v) is 2.21. The molecule has 1 amide bonds. The molecule has 2 rings (SSSR count). The number of benzene rings is 1. The van der Waals surface area contributed by atoms with Crippen molar-refractivity contribution in [2.75, 3.05) is 0 Å². The first-order chi connectivity index (χ1) is 7.41. The predicted octanol–water partition coefficient (Wildman–Crippen LogP) is 1.45. The molecule has 0 bridgehead atoms. The molecule has 0 radical (unpaired) electrons. The normalized spacial score (nSPS) is 17.0. The molecule has 0 fully saturated rings. The van der Waals surface area contributed by atoms with Crippen molar-refractivity contribution in [1.82, 2.24) is 5.32 Å². The molecule has 84 valence electrons. The average Bonchev–Trinajstić information content (AvgIpc) is 2.14. The number of ether oxygens (including phenoxy) is 1. The lowest BCUT2D eigenvalue weighted by atomic mass is 10.1. The van der Waals surface area contributed by atoms with Gasteiger partial charge in [-0.2, -0.15) is 0 Å². The third-order valence-electron chi connectivity index (χ3n) is 2.21. The lowest BCUT2D eigenvalue weighted by Gasteiger charge is -2.32. The van der Waals surface area contributed by atoms with Gasteiger partial charge in [-0.25, -0.2) is 0 Å². The van der Waals surface area contributed by atoms with E-state index in [4.69, 9.17) is 4.74 Å². The SMILES string of the molecule is CC1(C)NC(=O)c2cccc([N+](=O)[O-])c2O1. The Morgan fingerprint density at radius 3 is 2.75 bits per heavy atom. The number of amides is 1. The zero-order chi connectivity index (χ0) is 11.9. The summed E-state index contributed by atoms with van der Waals surface area (Å²) in [5.74, 6) is -0.337. The van der Waals surface area contributed by atoms with E-state index in [1.807, 2.05) is 0 Å². The second-order valence-electron chi connectivity index (χ2n) is 3.98. The van der Waals surface area contributed by atoms with E-state index >= 15 is 0 Å². The molecule has 6 heteroatoms. The minimum absolute atomic E-state index is 0.0289. The second-order valence-corrected chi connectivity index (χ2v) is 3.98. The number of nitrogens with zero attached hydrogens (tertiary/aromatic N) is 1. The Balaban J connectivity index is 2.61. The highest BCUT2D eigenvalue weighted by Crippen LogP contribution is 2.35. The Labute approximate surface area is 91.4 Å². The summed E-state index contributed by atoms with van der Waals surface area (Å²) >= 11 is 0. The largest absolute Gasteiger partial charge is 0.461 e. The first-order valence-corrected chi connectivity index (χ1v) is 4.70. The molecule has 0 saturated carbocycles. The highest BCUT2D eigenvalue weighted by Gasteiger charge is 2.35. The molecule has 1 heterocycles. The van der Waals surface area contributed by atoms with E-state index in [1.165, 1.54) is 18.2 Å². The highest BCUT2D eigenvalue weighted by atomic mass is 16.6. The fraction of sp³-hybridized carbons (Fsp3) is 0.300.